The topological polar surface area (TPSA) is 78.9 Å². The lowest BCUT2D eigenvalue weighted by Gasteiger charge is -2.18. The van der Waals surface area contributed by atoms with Crippen LogP contribution in [0.15, 0.2) is 85.1 Å². The second kappa shape index (κ2) is 59.2. The Morgan fingerprint density at radius 2 is 0.577 bits per heavy atom. The number of unbranched alkanes of at least 4 members (excludes halogenated alkanes) is 29. The van der Waals surface area contributed by atoms with E-state index in [1.807, 2.05) is 6.08 Å². The largest absolute Gasteiger partial charge is 0.462 e. The Morgan fingerprint density at radius 1 is 0.296 bits per heavy atom. The Hall–Kier alpha value is -3.41. The molecule has 0 bridgehead atoms. The van der Waals surface area contributed by atoms with Gasteiger partial charge in [-0.2, -0.15) is 0 Å². The lowest BCUT2D eigenvalue weighted by atomic mass is 10.0. The summed E-state index contributed by atoms with van der Waals surface area (Å²) in [5, 5.41) is 0. The summed E-state index contributed by atoms with van der Waals surface area (Å²) in [6.45, 7) is 6.47. The molecule has 0 aromatic rings. The van der Waals surface area contributed by atoms with Crippen molar-refractivity contribution in [1.29, 1.82) is 0 Å². The molecule has 0 spiro atoms. The van der Waals surface area contributed by atoms with E-state index in [9.17, 15) is 14.4 Å². The predicted octanol–water partition coefficient (Wildman–Crippen LogP) is 20.3. The second-order valence-corrected chi connectivity index (χ2v) is 19.9. The summed E-state index contributed by atoms with van der Waals surface area (Å²) >= 11 is 0. The maximum Gasteiger partial charge on any atom is 0.306 e. The molecule has 6 nitrogen and oxygen atoms in total. The van der Waals surface area contributed by atoms with Crippen LogP contribution in [0.2, 0.25) is 0 Å². The minimum absolute atomic E-state index is 0.101. The number of carbonyl (C=O) groups excluding carboxylic acids is 3. The summed E-state index contributed by atoms with van der Waals surface area (Å²) in [7, 11) is 0. The van der Waals surface area contributed by atoms with E-state index in [1.165, 1.54) is 154 Å². The van der Waals surface area contributed by atoms with Crippen molar-refractivity contribution in [2.24, 2.45) is 0 Å². The van der Waals surface area contributed by atoms with Crippen molar-refractivity contribution >= 4 is 17.9 Å². The smallest absolute Gasteiger partial charge is 0.306 e. The normalized spacial score (nSPS) is 12.7. The molecule has 0 aliphatic rings. The molecule has 0 saturated carbocycles. The molecule has 0 rings (SSSR count). The third kappa shape index (κ3) is 57.4. The third-order valence-corrected chi connectivity index (χ3v) is 12.9. The van der Waals surface area contributed by atoms with Crippen molar-refractivity contribution in [3.8, 4) is 0 Å². The summed E-state index contributed by atoms with van der Waals surface area (Å²) in [4.78, 5) is 38.2. The quantitative estimate of drug-likeness (QED) is 0.0261. The zero-order valence-electron chi connectivity index (χ0n) is 46.7. The van der Waals surface area contributed by atoms with Crippen molar-refractivity contribution in [2.45, 2.75) is 297 Å². The number of allylic oxidation sites excluding steroid dienone is 14. The fourth-order valence-corrected chi connectivity index (χ4v) is 8.41. The van der Waals surface area contributed by atoms with Crippen molar-refractivity contribution in [3.63, 3.8) is 0 Å². The number of rotatable bonds is 54. The van der Waals surface area contributed by atoms with E-state index in [1.54, 1.807) is 0 Å². The monoisotopic (exact) mass is 989 g/mol. The molecule has 0 radical (unpaired) electrons. The van der Waals surface area contributed by atoms with Gasteiger partial charge in [0.05, 0.1) is 0 Å². The van der Waals surface area contributed by atoms with Crippen LogP contribution < -0.4 is 0 Å². The zero-order valence-corrected chi connectivity index (χ0v) is 46.7. The van der Waals surface area contributed by atoms with Gasteiger partial charge in [-0.3, -0.25) is 14.4 Å². The van der Waals surface area contributed by atoms with Gasteiger partial charge in [-0.15, -0.1) is 0 Å². The van der Waals surface area contributed by atoms with Gasteiger partial charge in [0.2, 0.25) is 0 Å². The number of carbonyl (C=O) groups is 3. The van der Waals surface area contributed by atoms with Crippen molar-refractivity contribution in [1.82, 2.24) is 0 Å². The maximum absolute atomic E-state index is 12.8. The van der Waals surface area contributed by atoms with E-state index < -0.39 is 6.10 Å². The van der Waals surface area contributed by atoms with E-state index in [4.69, 9.17) is 14.2 Å². The van der Waals surface area contributed by atoms with Crippen LogP contribution in [-0.2, 0) is 28.6 Å². The van der Waals surface area contributed by atoms with Gasteiger partial charge in [-0.1, -0.05) is 273 Å². The summed E-state index contributed by atoms with van der Waals surface area (Å²) in [6.07, 6.45) is 77.4. The van der Waals surface area contributed by atoms with Crippen LogP contribution >= 0.6 is 0 Å². The zero-order chi connectivity index (χ0) is 51.4. The van der Waals surface area contributed by atoms with E-state index >= 15 is 0 Å². The van der Waals surface area contributed by atoms with Crippen LogP contribution in [0, 0.1) is 0 Å². The first-order valence-electron chi connectivity index (χ1n) is 30.1. The molecule has 0 aliphatic heterocycles. The average molecular weight is 990 g/mol. The lowest BCUT2D eigenvalue weighted by molar-refractivity contribution is -0.166. The van der Waals surface area contributed by atoms with E-state index in [0.29, 0.717) is 19.3 Å². The minimum Gasteiger partial charge on any atom is -0.462 e. The van der Waals surface area contributed by atoms with Crippen LogP contribution in [0.1, 0.15) is 290 Å². The minimum atomic E-state index is -0.810. The van der Waals surface area contributed by atoms with Crippen LogP contribution in [-0.4, -0.2) is 37.2 Å². The highest BCUT2D eigenvalue weighted by Gasteiger charge is 2.19. The van der Waals surface area contributed by atoms with Crippen molar-refractivity contribution in [3.05, 3.63) is 85.1 Å². The highest BCUT2D eigenvalue weighted by molar-refractivity contribution is 5.71. The van der Waals surface area contributed by atoms with Gasteiger partial charge >= 0.3 is 17.9 Å². The molecule has 0 unspecified atom stereocenters. The molecule has 6 heteroatoms. The SMILES string of the molecule is CC/C=C\C/C=C\C/C=C\C/C=C\C/C=C\C/C=C\CCC(=O)OC[C@H](COC(=O)CCCCCCCCCCCCCCCCCCCCCCC)OC(=O)CCCCCCC/C=C\CCCCCC. The Kier molecular flexibility index (Phi) is 56.3. The first-order chi connectivity index (χ1) is 35.0. The standard InChI is InChI=1S/C65H112O6/c1-4-7-10-13-16-19-22-25-27-29-31-32-34-36-38-41-43-46-49-52-55-58-64(67)70-61-62(71-65(68)59-56-53-50-47-44-39-24-21-18-15-12-9-6-3)60-69-63(66)57-54-51-48-45-42-40-37-35-33-30-28-26-23-20-17-14-11-8-5-2/h8,11,17,20-21,24,26,28,33,35,40,42,48,51,62H,4-7,9-10,12-16,18-19,22-23,25,27,29-32,34,36-39,41,43-47,49-50,52-61H2,1-3H3/b11-8-,20-17-,24-21-,28-26-,35-33-,42-40-,51-48-/t62-/m1/s1. The second-order valence-electron chi connectivity index (χ2n) is 19.9. The van der Waals surface area contributed by atoms with E-state index in [0.717, 1.165) is 89.9 Å². The molecule has 0 N–H and O–H groups in total. The fourth-order valence-electron chi connectivity index (χ4n) is 8.41. The van der Waals surface area contributed by atoms with Crippen LogP contribution in [0.4, 0.5) is 0 Å². The van der Waals surface area contributed by atoms with Crippen LogP contribution in [0.25, 0.3) is 0 Å². The molecule has 0 amide bonds. The van der Waals surface area contributed by atoms with Gasteiger partial charge in [0, 0.05) is 19.3 Å². The van der Waals surface area contributed by atoms with Gasteiger partial charge in [0.1, 0.15) is 13.2 Å². The van der Waals surface area contributed by atoms with Crippen molar-refractivity contribution in [2.75, 3.05) is 13.2 Å². The molecular formula is C65H112O6. The molecule has 0 aliphatic carbocycles. The number of esters is 3. The fraction of sp³-hybridized carbons (Fsp3) is 0.738. The summed E-state index contributed by atoms with van der Waals surface area (Å²) in [5.41, 5.74) is 0. The Labute approximate surface area is 439 Å². The molecule has 0 aromatic heterocycles. The molecule has 0 saturated heterocycles. The summed E-state index contributed by atoms with van der Waals surface area (Å²) < 4.78 is 16.8. The van der Waals surface area contributed by atoms with Gasteiger partial charge in [-0.25, -0.2) is 0 Å². The van der Waals surface area contributed by atoms with E-state index in [2.05, 4.69) is 99.8 Å². The van der Waals surface area contributed by atoms with Crippen LogP contribution in [0.5, 0.6) is 0 Å². The molecule has 71 heavy (non-hydrogen) atoms. The van der Waals surface area contributed by atoms with Crippen molar-refractivity contribution < 1.29 is 28.6 Å². The van der Waals surface area contributed by atoms with Gasteiger partial charge in [0.25, 0.3) is 0 Å². The Bertz CT molecular complexity index is 1370. The number of hydrogen-bond donors (Lipinski definition) is 0. The van der Waals surface area contributed by atoms with Crippen LogP contribution in [0.3, 0.4) is 0 Å². The molecule has 0 aromatic carbocycles. The average Bonchev–Trinajstić information content (AvgIpc) is 3.37. The Morgan fingerprint density at radius 3 is 0.958 bits per heavy atom. The highest BCUT2D eigenvalue weighted by Crippen LogP contribution is 2.16. The molecule has 0 heterocycles. The molecular weight excluding hydrogens is 877 g/mol. The third-order valence-electron chi connectivity index (χ3n) is 12.9. The summed E-state index contributed by atoms with van der Waals surface area (Å²) in [6, 6.07) is 0. The molecule has 408 valence electrons. The lowest BCUT2D eigenvalue weighted by Crippen LogP contribution is -2.30. The van der Waals surface area contributed by atoms with Gasteiger partial charge in [0.15, 0.2) is 6.10 Å². The first-order valence-corrected chi connectivity index (χ1v) is 30.1. The molecule has 1 atom stereocenters. The van der Waals surface area contributed by atoms with E-state index in [-0.39, 0.29) is 37.5 Å². The van der Waals surface area contributed by atoms with Gasteiger partial charge < -0.3 is 14.2 Å². The predicted molar refractivity (Wildman–Crippen MR) is 307 cm³/mol. The highest BCUT2D eigenvalue weighted by atomic mass is 16.6. The first kappa shape index (κ1) is 67.6. The molecule has 0 fully saturated rings. The summed E-state index contributed by atoms with van der Waals surface area (Å²) in [5.74, 6) is -0.988. The maximum atomic E-state index is 12.8. The van der Waals surface area contributed by atoms with Gasteiger partial charge in [-0.05, 0) is 83.5 Å². The number of hydrogen-bond acceptors (Lipinski definition) is 6. The number of ether oxygens (including phenoxy) is 3. The Balaban J connectivity index is 4.41.